The number of hydrogen-bond donors (Lipinski definition) is 1. The molecular formula is C15H20N2O4. The number of carbonyl (C=O) groups is 1. The van der Waals surface area contributed by atoms with Crippen molar-refractivity contribution in [1.29, 1.82) is 0 Å². The highest BCUT2D eigenvalue weighted by Crippen LogP contribution is 2.38. The molecule has 0 bridgehead atoms. The van der Waals surface area contributed by atoms with E-state index in [4.69, 9.17) is 4.74 Å². The molecule has 1 fully saturated rings. The van der Waals surface area contributed by atoms with Gasteiger partial charge in [0.15, 0.2) is 0 Å². The van der Waals surface area contributed by atoms with E-state index in [-0.39, 0.29) is 18.2 Å². The second-order valence-corrected chi connectivity index (χ2v) is 5.21. The largest absolute Gasteiger partial charge is 0.450 e. The van der Waals surface area contributed by atoms with E-state index in [1.54, 1.807) is 19.1 Å². The van der Waals surface area contributed by atoms with Crippen LogP contribution >= 0.6 is 0 Å². The number of nitro groups is 1. The number of hydrogen-bond acceptors (Lipinski definition) is 4. The maximum Gasteiger partial charge on any atom is 0.411 e. The van der Waals surface area contributed by atoms with Crippen molar-refractivity contribution in [2.24, 2.45) is 0 Å². The lowest BCUT2D eigenvalue weighted by molar-refractivity contribution is -0.384. The minimum absolute atomic E-state index is 0.0602. The van der Waals surface area contributed by atoms with Crippen LogP contribution in [0.25, 0.3) is 0 Å². The van der Waals surface area contributed by atoms with E-state index in [0.29, 0.717) is 5.69 Å². The molecule has 0 atom stereocenters. The number of carbonyl (C=O) groups excluding carboxylic acids is 1. The number of anilines is 1. The van der Waals surface area contributed by atoms with E-state index in [2.05, 4.69) is 5.32 Å². The second kappa shape index (κ2) is 7.06. The van der Waals surface area contributed by atoms with Crippen LogP contribution in [-0.4, -0.2) is 17.6 Å². The van der Waals surface area contributed by atoms with Crippen LogP contribution in [0.4, 0.5) is 16.2 Å². The summed E-state index contributed by atoms with van der Waals surface area (Å²) in [5.74, 6) is 0.260. The van der Waals surface area contributed by atoms with Gasteiger partial charge in [-0.25, -0.2) is 4.79 Å². The van der Waals surface area contributed by atoms with Crippen LogP contribution in [0.15, 0.2) is 18.2 Å². The molecule has 0 saturated heterocycles. The molecule has 0 aromatic heterocycles. The maximum atomic E-state index is 11.6. The maximum absolute atomic E-state index is 11.6. The van der Waals surface area contributed by atoms with Gasteiger partial charge in [-0.2, -0.15) is 0 Å². The van der Waals surface area contributed by atoms with Gasteiger partial charge < -0.3 is 4.74 Å². The first-order chi connectivity index (χ1) is 10.1. The molecule has 1 aliphatic rings. The van der Waals surface area contributed by atoms with Crippen LogP contribution in [0.3, 0.4) is 0 Å². The average Bonchev–Trinajstić information content (AvgIpc) is 2.48. The monoisotopic (exact) mass is 292 g/mol. The van der Waals surface area contributed by atoms with E-state index in [9.17, 15) is 14.9 Å². The van der Waals surface area contributed by atoms with Crippen molar-refractivity contribution >= 4 is 17.5 Å². The van der Waals surface area contributed by atoms with Crippen LogP contribution < -0.4 is 5.32 Å². The van der Waals surface area contributed by atoms with Gasteiger partial charge in [-0.15, -0.1) is 0 Å². The summed E-state index contributed by atoms with van der Waals surface area (Å²) in [7, 11) is 0. The smallest absolute Gasteiger partial charge is 0.411 e. The molecule has 0 unspecified atom stereocenters. The van der Waals surface area contributed by atoms with E-state index < -0.39 is 11.0 Å². The average molecular weight is 292 g/mol. The van der Waals surface area contributed by atoms with Gasteiger partial charge >= 0.3 is 6.09 Å². The number of nitrogens with zero attached hydrogens (tertiary/aromatic N) is 1. The summed E-state index contributed by atoms with van der Waals surface area (Å²) < 4.78 is 4.88. The number of nitrogens with one attached hydrogen (secondary N) is 1. The van der Waals surface area contributed by atoms with Crippen LogP contribution in [0.5, 0.6) is 0 Å². The van der Waals surface area contributed by atoms with E-state index in [1.807, 2.05) is 0 Å². The zero-order valence-electron chi connectivity index (χ0n) is 12.1. The minimum Gasteiger partial charge on any atom is -0.450 e. The first-order valence-corrected chi connectivity index (χ1v) is 7.34. The van der Waals surface area contributed by atoms with Gasteiger partial charge in [0, 0.05) is 17.8 Å². The Morgan fingerprint density at radius 3 is 2.71 bits per heavy atom. The summed E-state index contributed by atoms with van der Waals surface area (Å²) in [5, 5.41) is 13.7. The summed E-state index contributed by atoms with van der Waals surface area (Å²) >= 11 is 0. The van der Waals surface area contributed by atoms with Crippen LogP contribution in [0.2, 0.25) is 0 Å². The number of amides is 1. The minimum atomic E-state index is -0.525. The zero-order chi connectivity index (χ0) is 15.2. The molecule has 0 heterocycles. The first kappa shape index (κ1) is 15.3. The zero-order valence-corrected chi connectivity index (χ0v) is 12.1. The second-order valence-electron chi connectivity index (χ2n) is 5.21. The fourth-order valence-electron chi connectivity index (χ4n) is 2.81. The molecule has 6 heteroatoms. The molecule has 1 saturated carbocycles. The third kappa shape index (κ3) is 3.93. The molecule has 21 heavy (non-hydrogen) atoms. The summed E-state index contributed by atoms with van der Waals surface area (Å²) in [4.78, 5) is 22.2. The van der Waals surface area contributed by atoms with Crippen LogP contribution in [-0.2, 0) is 4.74 Å². The predicted octanol–water partition coefficient (Wildman–Crippen LogP) is 4.21. The molecule has 1 aliphatic carbocycles. The molecule has 0 spiro atoms. The van der Waals surface area contributed by atoms with Gasteiger partial charge in [0.1, 0.15) is 0 Å². The van der Waals surface area contributed by atoms with Crippen LogP contribution in [0.1, 0.15) is 50.5 Å². The Bertz CT molecular complexity index is 524. The SMILES string of the molecule is CCOC(=O)Nc1ccc([N+](=O)[O-])cc1C1CCCCC1. The Labute approximate surface area is 123 Å². The molecule has 1 aromatic rings. The third-order valence-electron chi connectivity index (χ3n) is 3.80. The number of ether oxygens (including phenoxy) is 1. The lowest BCUT2D eigenvalue weighted by Crippen LogP contribution is -2.16. The molecule has 6 nitrogen and oxygen atoms in total. The molecule has 0 aliphatic heterocycles. The lowest BCUT2D eigenvalue weighted by Gasteiger charge is -2.24. The van der Waals surface area contributed by atoms with Gasteiger partial charge in [0.25, 0.3) is 5.69 Å². The molecule has 1 amide bonds. The number of nitro benzene ring substituents is 1. The van der Waals surface area contributed by atoms with Gasteiger partial charge in [-0.3, -0.25) is 15.4 Å². The number of rotatable bonds is 4. The van der Waals surface area contributed by atoms with Crippen molar-refractivity contribution in [1.82, 2.24) is 0 Å². The summed E-state index contributed by atoms with van der Waals surface area (Å²) in [5.41, 5.74) is 1.52. The number of non-ortho nitro benzene ring substituents is 1. The molecule has 1 aromatic carbocycles. The fraction of sp³-hybridized carbons (Fsp3) is 0.533. The quantitative estimate of drug-likeness (QED) is 0.665. The van der Waals surface area contributed by atoms with E-state index in [0.717, 1.165) is 31.2 Å². The molecular weight excluding hydrogens is 272 g/mol. The highest BCUT2D eigenvalue weighted by Gasteiger charge is 2.22. The summed E-state index contributed by atoms with van der Waals surface area (Å²) in [6.45, 7) is 2.02. The predicted molar refractivity (Wildman–Crippen MR) is 79.6 cm³/mol. The molecule has 2 rings (SSSR count). The third-order valence-corrected chi connectivity index (χ3v) is 3.80. The van der Waals surface area contributed by atoms with Gasteiger partial charge in [-0.05, 0) is 37.3 Å². The Morgan fingerprint density at radius 1 is 1.38 bits per heavy atom. The van der Waals surface area contributed by atoms with Crippen molar-refractivity contribution < 1.29 is 14.5 Å². The van der Waals surface area contributed by atoms with E-state index >= 15 is 0 Å². The fourth-order valence-corrected chi connectivity index (χ4v) is 2.81. The Morgan fingerprint density at radius 2 is 2.10 bits per heavy atom. The first-order valence-electron chi connectivity index (χ1n) is 7.34. The Kier molecular flexibility index (Phi) is 5.14. The molecule has 1 N–H and O–H groups in total. The molecule has 0 radical (unpaired) electrons. The van der Waals surface area contributed by atoms with Gasteiger partial charge in [0.2, 0.25) is 0 Å². The van der Waals surface area contributed by atoms with Crippen molar-refractivity contribution in [3.05, 3.63) is 33.9 Å². The van der Waals surface area contributed by atoms with E-state index in [1.165, 1.54) is 12.5 Å². The van der Waals surface area contributed by atoms with Gasteiger partial charge in [-0.1, -0.05) is 19.3 Å². The van der Waals surface area contributed by atoms with Crippen molar-refractivity contribution in [3.8, 4) is 0 Å². The van der Waals surface area contributed by atoms with Crippen LogP contribution in [0, 0.1) is 10.1 Å². The summed E-state index contributed by atoms with van der Waals surface area (Å²) in [6, 6.07) is 4.59. The highest BCUT2D eigenvalue weighted by molar-refractivity contribution is 5.86. The summed E-state index contributed by atoms with van der Waals surface area (Å²) in [6.07, 6.45) is 4.91. The topological polar surface area (TPSA) is 81.5 Å². The Balaban J connectivity index is 2.29. The standard InChI is InChI=1S/C15H20N2O4/c1-2-21-15(18)16-14-9-8-12(17(19)20)10-13(14)11-6-4-3-5-7-11/h8-11H,2-7H2,1H3,(H,16,18). The highest BCUT2D eigenvalue weighted by atomic mass is 16.6. The van der Waals surface area contributed by atoms with Crippen molar-refractivity contribution in [2.75, 3.05) is 11.9 Å². The Hall–Kier alpha value is -2.11. The molecule has 114 valence electrons. The number of benzene rings is 1. The normalized spacial score (nSPS) is 15.5. The van der Waals surface area contributed by atoms with Gasteiger partial charge in [0.05, 0.1) is 11.5 Å². The van der Waals surface area contributed by atoms with Crippen molar-refractivity contribution in [2.45, 2.75) is 44.9 Å². The van der Waals surface area contributed by atoms with Crippen molar-refractivity contribution in [3.63, 3.8) is 0 Å². The lowest BCUT2D eigenvalue weighted by atomic mass is 9.83.